The van der Waals surface area contributed by atoms with E-state index in [1.165, 1.54) is 11.3 Å². The summed E-state index contributed by atoms with van der Waals surface area (Å²) in [7, 11) is 0. The summed E-state index contributed by atoms with van der Waals surface area (Å²) in [5, 5.41) is 12.1. The van der Waals surface area contributed by atoms with E-state index in [0.29, 0.717) is 43.6 Å². The maximum absolute atomic E-state index is 12.4. The van der Waals surface area contributed by atoms with Crippen LogP contribution in [0.15, 0.2) is 12.1 Å². The molecule has 2 fully saturated rings. The van der Waals surface area contributed by atoms with E-state index in [1.54, 1.807) is 4.90 Å². The second-order valence-corrected chi connectivity index (χ2v) is 7.90. The van der Waals surface area contributed by atoms with Crippen LogP contribution in [0.2, 0.25) is 0 Å². The number of amides is 2. The number of carbonyl (C=O) groups excluding carboxylic acids is 2. The molecular formula is C17H22N2O4S. The van der Waals surface area contributed by atoms with Gasteiger partial charge < -0.3 is 15.3 Å². The van der Waals surface area contributed by atoms with E-state index >= 15 is 0 Å². The molecule has 6 nitrogen and oxygen atoms in total. The lowest BCUT2D eigenvalue weighted by Gasteiger charge is -2.39. The van der Waals surface area contributed by atoms with Gasteiger partial charge in [0.05, 0.1) is 16.7 Å². The van der Waals surface area contributed by atoms with Gasteiger partial charge in [-0.2, -0.15) is 0 Å². The summed E-state index contributed by atoms with van der Waals surface area (Å²) in [4.78, 5) is 39.3. The normalized spacial score (nSPS) is 24.3. The predicted molar refractivity (Wildman–Crippen MR) is 90.0 cm³/mol. The third kappa shape index (κ3) is 3.45. The number of nitrogens with zero attached hydrogens (tertiary/aromatic N) is 1. The molecule has 2 atom stereocenters. The molecule has 1 aliphatic carbocycles. The van der Waals surface area contributed by atoms with Gasteiger partial charge >= 0.3 is 5.97 Å². The smallest absolute Gasteiger partial charge is 0.307 e. The molecule has 2 heterocycles. The number of piperidine rings is 1. The molecule has 2 unspecified atom stereocenters. The Bertz CT molecular complexity index is 649. The zero-order valence-corrected chi connectivity index (χ0v) is 14.5. The number of hydrogen-bond donors (Lipinski definition) is 2. The van der Waals surface area contributed by atoms with Gasteiger partial charge in [-0.1, -0.05) is 0 Å². The van der Waals surface area contributed by atoms with Crippen LogP contribution in [0, 0.1) is 18.8 Å². The molecular weight excluding hydrogens is 328 g/mol. The van der Waals surface area contributed by atoms with Crippen molar-refractivity contribution in [3.63, 3.8) is 0 Å². The molecule has 1 aromatic rings. The summed E-state index contributed by atoms with van der Waals surface area (Å²) >= 11 is 1.48. The first-order valence-electron chi connectivity index (χ1n) is 8.34. The van der Waals surface area contributed by atoms with Gasteiger partial charge in [-0.05, 0) is 44.7 Å². The topological polar surface area (TPSA) is 86.7 Å². The van der Waals surface area contributed by atoms with Gasteiger partial charge in [0.15, 0.2) is 0 Å². The summed E-state index contributed by atoms with van der Waals surface area (Å²) in [5.74, 6) is -1.83. The minimum absolute atomic E-state index is 0.0349. The maximum atomic E-state index is 12.4. The van der Waals surface area contributed by atoms with Crippen LogP contribution in [-0.2, 0) is 9.59 Å². The summed E-state index contributed by atoms with van der Waals surface area (Å²) < 4.78 is 0. The van der Waals surface area contributed by atoms with Gasteiger partial charge in [0, 0.05) is 24.0 Å². The highest BCUT2D eigenvalue weighted by molar-refractivity contribution is 7.13. The lowest BCUT2D eigenvalue weighted by Crippen LogP contribution is -2.51. The fourth-order valence-electron chi connectivity index (χ4n) is 3.38. The van der Waals surface area contributed by atoms with Crippen molar-refractivity contribution in [1.82, 2.24) is 10.2 Å². The maximum Gasteiger partial charge on any atom is 0.307 e. The third-order valence-corrected chi connectivity index (χ3v) is 6.01. The first-order valence-corrected chi connectivity index (χ1v) is 9.16. The lowest BCUT2D eigenvalue weighted by molar-refractivity contribution is -0.157. The fraction of sp³-hybridized carbons (Fsp3) is 0.588. The van der Waals surface area contributed by atoms with Gasteiger partial charge in [0.2, 0.25) is 5.91 Å². The summed E-state index contributed by atoms with van der Waals surface area (Å²) in [6.07, 6.45) is 2.70. The number of likely N-dealkylation sites (tertiary alicyclic amines) is 1. The van der Waals surface area contributed by atoms with Crippen LogP contribution in [0.1, 0.15) is 40.2 Å². The Morgan fingerprint density at radius 2 is 1.79 bits per heavy atom. The van der Waals surface area contributed by atoms with Gasteiger partial charge in [0.25, 0.3) is 5.91 Å². The Kier molecular flexibility index (Phi) is 4.89. The standard InChI is InChI=1S/C17H22N2O4S/c1-10-2-5-14(24-10)15(20)18-11-6-8-19(9-7-11)16(21)12-3-4-13(12)17(22)23/h2,5,11-13H,3-4,6-9H2,1H3,(H,18,20)(H,22,23). The van der Waals surface area contributed by atoms with Gasteiger partial charge in [-0.3, -0.25) is 14.4 Å². The molecule has 0 aromatic carbocycles. The molecule has 3 rings (SSSR count). The third-order valence-electron chi connectivity index (χ3n) is 5.01. The molecule has 1 saturated carbocycles. The Morgan fingerprint density at radius 3 is 2.29 bits per heavy atom. The Balaban J connectivity index is 1.48. The molecule has 130 valence electrons. The second-order valence-electron chi connectivity index (χ2n) is 6.61. The minimum Gasteiger partial charge on any atom is -0.481 e. The Labute approximate surface area is 144 Å². The number of aryl methyl sites for hydroxylation is 1. The Hall–Kier alpha value is -1.89. The lowest BCUT2D eigenvalue weighted by atomic mass is 9.72. The second kappa shape index (κ2) is 6.93. The predicted octanol–water partition coefficient (Wildman–Crippen LogP) is 1.89. The number of carboxylic acid groups (broad SMARTS) is 1. The molecule has 0 spiro atoms. The van der Waals surface area contributed by atoms with Crippen molar-refractivity contribution in [2.75, 3.05) is 13.1 Å². The molecule has 0 radical (unpaired) electrons. The highest BCUT2D eigenvalue weighted by Gasteiger charge is 2.43. The largest absolute Gasteiger partial charge is 0.481 e. The monoisotopic (exact) mass is 350 g/mol. The van der Waals surface area contributed by atoms with E-state index < -0.39 is 11.9 Å². The number of thiophene rings is 1. The van der Waals surface area contributed by atoms with E-state index in [2.05, 4.69) is 5.32 Å². The molecule has 2 amide bonds. The zero-order valence-electron chi connectivity index (χ0n) is 13.7. The van der Waals surface area contributed by atoms with Crippen molar-refractivity contribution in [2.24, 2.45) is 11.8 Å². The summed E-state index contributed by atoms with van der Waals surface area (Å²) in [6.45, 7) is 3.13. The van der Waals surface area contributed by atoms with Crippen molar-refractivity contribution in [3.05, 3.63) is 21.9 Å². The van der Waals surface area contributed by atoms with Crippen molar-refractivity contribution >= 4 is 29.1 Å². The van der Waals surface area contributed by atoms with Crippen LogP contribution in [0.25, 0.3) is 0 Å². The number of carboxylic acids is 1. The van der Waals surface area contributed by atoms with E-state index in [9.17, 15) is 14.4 Å². The molecule has 2 N–H and O–H groups in total. The highest BCUT2D eigenvalue weighted by Crippen LogP contribution is 2.36. The van der Waals surface area contributed by atoms with Crippen molar-refractivity contribution < 1.29 is 19.5 Å². The van der Waals surface area contributed by atoms with Crippen LogP contribution in [0.4, 0.5) is 0 Å². The molecule has 7 heteroatoms. The summed E-state index contributed by atoms with van der Waals surface area (Å²) in [5.41, 5.74) is 0. The molecule has 1 saturated heterocycles. The van der Waals surface area contributed by atoms with E-state index in [0.717, 1.165) is 4.88 Å². The first kappa shape index (κ1) is 17.0. The van der Waals surface area contributed by atoms with Crippen LogP contribution >= 0.6 is 11.3 Å². The fourth-order valence-corrected chi connectivity index (χ4v) is 4.15. The van der Waals surface area contributed by atoms with Gasteiger partial charge in [-0.25, -0.2) is 0 Å². The van der Waals surface area contributed by atoms with Crippen molar-refractivity contribution in [2.45, 2.75) is 38.6 Å². The number of nitrogens with one attached hydrogen (secondary N) is 1. The quantitative estimate of drug-likeness (QED) is 0.868. The zero-order chi connectivity index (χ0) is 17.3. The molecule has 1 aromatic heterocycles. The first-order chi connectivity index (χ1) is 11.5. The van der Waals surface area contributed by atoms with Crippen molar-refractivity contribution in [3.8, 4) is 0 Å². The molecule has 2 aliphatic rings. The number of rotatable bonds is 4. The van der Waals surface area contributed by atoms with Gasteiger partial charge in [0.1, 0.15) is 0 Å². The van der Waals surface area contributed by atoms with Crippen LogP contribution in [0.5, 0.6) is 0 Å². The summed E-state index contributed by atoms with van der Waals surface area (Å²) in [6, 6.07) is 3.83. The SMILES string of the molecule is Cc1ccc(C(=O)NC2CCN(C(=O)C3CCC3C(=O)O)CC2)s1. The molecule has 0 bridgehead atoms. The highest BCUT2D eigenvalue weighted by atomic mass is 32.1. The van der Waals surface area contributed by atoms with Crippen LogP contribution in [-0.4, -0.2) is 46.9 Å². The van der Waals surface area contributed by atoms with Crippen molar-refractivity contribution in [1.29, 1.82) is 0 Å². The minimum atomic E-state index is -0.868. The van der Waals surface area contributed by atoms with Crippen LogP contribution in [0.3, 0.4) is 0 Å². The number of aliphatic carboxylic acids is 1. The van der Waals surface area contributed by atoms with E-state index in [-0.39, 0.29) is 23.8 Å². The van der Waals surface area contributed by atoms with E-state index in [1.807, 2.05) is 19.1 Å². The number of carbonyl (C=O) groups is 3. The molecule has 24 heavy (non-hydrogen) atoms. The number of hydrogen-bond acceptors (Lipinski definition) is 4. The average molecular weight is 350 g/mol. The Morgan fingerprint density at radius 1 is 1.12 bits per heavy atom. The van der Waals surface area contributed by atoms with Gasteiger partial charge in [-0.15, -0.1) is 11.3 Å². The van der Waals surface area contributed by atoms with Crippen LogP contribution < -0.4 is 5.32 Å². The molecule has 1 aliphatic heterocycles. The average Bonchev–Trinajstić information content (AvgIpc) is 2.93. The van der Waals surface area contributed by atoms with E-state index in [4.69, 9.17) is 5.11 Å².